The van der Waals surface area contributed by atoms with E-state index in [-0.39, 0.29) is 0 Å². The Hall–Kier alpha value is -0.300. The third-order valence-electron chi connectivity index (χ3n) is 12.2. The quantitative estimate of drug-likeness (QED) is 0.425. The first kappa shape index (κ1) is 22.5. The third kappa shape index (κ3) is 3.68. The van der Waals surface area contributed by atoms with Crippen molar-refractivity contribution in [2.45, 2.75) is 124 Å². The molecule has 0 bridgehead atoms. The fraction of sp³-hybridized carbons (Fsp3) is 0.933. The molecular formula is C30H50O. The van der Waals surface area contributed by atoms with Crippen molar-refractivity contribution < 1.29 is 5.11 Å². The second kappa shape index (κ2) is 7.89. The minimum absolute atomic E-state index is 0.370. The number of aliphatic hydroxyl groups is 1. The highest BCUT2D eigenvalue weighted by Gasteiger charge is 2.59. The van der Waals surface area contributed by atoms with Crippen molar-refractivity contribution in [3.8, 4) is 0 Å². The minimum atomic E-state index is -0.424. The summed E-state index contributed by atoms with van der Waals surface area (Å²) in [6.45, 7) is 12.6. The second-order valence-electron chi connectivity index (χ2n) is 13.6. The van der Waals surface area contributed by atoms with Gasteiger partial charge in [-0.15, -0.1) is 0 Å². The van der Waals surface area contributed by atoms with Gasteiger partial charge in [0.2, 0.25) is 0 Å². The normalized spacial score (nSPS) is 48.9. The van der Waals surface area contributed by atoms with Crippen LogP contribution in [0.3, 0.4) is 0 Å². The van der Waals surface area contributed by atoms with Crippen LogP contribution in [0.25, 0.3) is 0 Å². The van der Waals surface area contributed by atoms with Crippen LogP contribution >= 0.6 is 0 Å². The average molecular weight is 427 g/mol. The molecule has 0 aromatic carbocycles. The molecule has 0 radical (unpaired) electrons. The van der Waals surface area contributed by atoms with Gasteiger partial charge in [-0.1, -0.05) is 59.1 Å². The Morgan fingerprint density at radius 1 is 0.935 bits per heavy atom. The van der Waals surface area contributed by atoms with Gasteiger partial charge in [-0.05, 0) is 123 Å². The monoisotopic (exact) mass is 426 g/mol. The van der Waals surface area contributed by atoms with Crippen LogP contribution < -0.4 is 0 Å². The Balaban J connectivity index is 1.30. The molecule has 0 aliphatic heterocycles. The number of rotatable bonds is 6. The zero-order valence-corrected chi connectivity index (χ0v) is 21.3. The lowest BCUT2D eigenvalue weighted by molar-refractivity contribution is -0.0756. The zero-order chi connectivity index (χ0) is 22.0. The molecule has 9 atom stereocenters. The van der Waals surface area contributed by atoms with Crippen molar-refractivity contribution in [3.63, 3.8) is 0 Å². The summed E-state index contributed by atoms with van der Waals surface area (Å²) in [5.41, 5.74) is 2.16. The van der Waals surface area contributed by atoms with Crippen LogP contribution in [-0.2, 0) is 0 Å². The maximum Gasteiger partial charge on any atom is 0.0682 e. The topological polar surface area (TPSA) is 20.2 Å². The van der Waals surface area contributed by atoms with Gasteiger partial charge in [0.15, 0.2) is 0 Å². The van der Waals surface area contributed by atoms with E-state index in [1.54, 1.807) is 5.57 Å². The fourth-order valence-corrected chi connectivity index (χ4v) is 9.62. The number of hydrogen-bond donors (Lipinski definition) is 1. The summed E-state index contributed by atoms with van der Waals surface area (Å²) in [5.74, 6) is 6.63. The van der Waals surface area contributed by atoms with Crippen LogP contribution in [0.15, 0.2) is 11.6 Å². The highest BCUT2D eigenvalue weighted by Crippen LogP contribution is 2.68. The van der Waals surface area contributed by atoms with Crippen molar-refractivity contribution in [2.75, 3.05) is 0 Å². The predicted octanol–water partition coefficient (Wildman–Crippen LogP) is 8.17. The van der Waals surface area contributed by atoms with E-state index in [0.29, 0.717) is 10.8 Å². The van der Waals surface area contributed by atoms with Gasteiger partial charge < -0.3 is 5.11 Å². The molecule has 0 spiro atoms. The summed E-state index contributed by atoms with van der Waals surface area (Å²) < 4.78 is 0. The molecule has 0 saturated heterocycles. The smallest absolute Gasteiger partial charge is 0.0682 e. The van der Waals surface area contributed by atoms with Crippen LogP contribution in [-0.4, -0.2) is 10.7 Å². The molecule has 0 amide bonds. The Kier molecular flexibility index (Phi) is 5.72. The van der Waals surface area contributed by atoms with Crippen molar-refractivity contribution in [1.82, 2.24) is 0 Å². The first-order chi connectivity index (χ1) is 14.7. The molecule has 1 nitrogen and oxygen atoms in total. The molecule has 0 heterocycles. The van der Waals surface area contributed by atoms with Crippen LogP contribution in [0.4, 0.5) is 0 Å². The molecule has 5 rings (SSSR count). The summed E-state index contributed by atoms with van der Waals surface area (Å²) in [6.07, 6.45) is 19.9. The fourth-order valence-electron chi connectivity index (χ4n) is 9.62. The number of hydrogen-bond acceptors (Lipinski definition) is 1. The zero-order valence-electron chi connectivity index (χ0n) is 21.3. The minimum Gasteiger partial charge on any atom is -0.390 e. The van der Waals surface area contributed by atoms with E-state index in [1.165, 1.54) is 64.2 Å². The van der Waals surface area contributed by atoms with Crippen molar-refractivity contribution >= 4 is 0 Å². The van der Waals surface area contributed by atoms with Crippen LogP contribution in [0.2, 0.25) is 0 Å². The van der Waals surface area contributed by atoms with E-state index in [2.05, 4.69) is 40.7 Å². The molecule has 176 valence electrons. The second-order valence-corrected chi connectivity index (χ2v) is 13.6. The van der Waals surface area contributed by atoms with E-state index in [9.17, 15) is 5.11 Å². The highest BCUT2D eigenvalue weighted by atomic mass is 16.3. The van der Waals surface area contributed by atoms with Crippen LogP contribution in [0.1, 0.15) is 118 Å². The van der Waals surface area contributed by atoms with Gasteiger partial charge in [-0.2, -0.15) is 0 Å². The van der Waals surface area contributed by atoms with Crippen LogP contribution in [0, 0.1) is 52.3 Å². The summed E-state index contributed by atoms with van der Waals surface area (Å²) in [5, 5.41) is 11.0. The maximum absolute atomic E-state index is 11.0. The molecular weight excluding hydrogens is 376 g/mol. The van der Waals surface area contributed by atoms with Gasteiger partial charge in [0.05, 0.1) is 5.60 Å². The first-order valence-corrected chi connectivity index (χ1v) is 14.1. The van der Waals surface area contributed by atoms with Gasteiger partial charge >= 0.3 is 0 Å². The molecule has 31 heavy (non-hydrogen) atoms. The summed E-state index contributed by atoms with van der Waals surface area (Å²) in [7, 11) is 0. The summed E-state index contributed by atoms with van der Waals surface area (Å²) >= 11 is 0. The summed E-state index contributed by atoms with van der Waals surface area (Å²) in [4.78, 5) is 0. The molecule has 1 unspecified atom stereocenters. The van der Waals surface area contributed by atoms with Gasteiger partial charge in [-0.25, -0.2) is 0 Å². The van der Waals surface area contributed by atoms with Crippen molar-refractivity contribution in [3.05, 3.63) is 11.6 Å². The molecule has 0 aromatic rings. The number of fused-ring (bicyclic) bond motifs is 5. The van der Waals surface area contributed by atoms with E-state index in [1.807, 2.05) is 0 Å². The van der Waals surface area contributed by atoms with E-state index < -0.39 is 5.60 Å². The SMILES string of the molecule is CC[C@]1(O)CC[C@@]2(C)C(=CC[C@H]3[C@@H]4CC[C@H]([C@H](C)CCC(C)C5CC5)[C@@]4(C)CC[C@@H]32)C1. The summed E-state index contributed by atoms with van der Waals surface area (Å²) in [6, 6.07) is 0. The van der Waals surface area contributed by atoms with Gasteiger partial charge in [0, 0.05) is 0 Å². The molecule has 5 aliphatic carbocycles. The first-order valence-electron chi connectivity index (χ1n) is 14.1. The van der Waals surface area contributed by atoms with E-state index >= 15 is 0 Å². The lowest BCUT2D eigenvalue weighted by atomic mass is 9.46. The molecule has 1 N–H and O–H groups in total. The third-order valence-corrected chi connectivity index (χ3v) is 12.2. The average Bonchev–Trinajstić information content (AvgIpc) is 3.54. The Bertz CT molecular complexity index is 705. The molecule has 0 aromatic heterocycles. The highest BCUT2D eigenvalue weighted by molar-refractivity contribution is 5.27. The van der Waals surface area contributed by atoms with Gasteiger partial charge in [0.25, 0.3) is 0 Å². The molecule has 4 saturated carbocycles. The lowest BCUT2D eigenvalue weighted by Crippen LogP contribution is -2.52. The van der Waals surface area contributed by atoms with Crippen molar-refractivity contribution in [1.29, 1.82) is 0 Å². The standard InChI is InChI=1S/C30H50O/c1-6-30(31)18-17-28(4)23(19-30)11-12-24-26-14-13-25(29(26,5)16-15-27(24)28)21(3)8-7-20(2)22-9-10-22/h11,20-22,24-27,31H,6-10,12-19H2,1-5H3/t20?,21-,24+,25-,26+,27+,28+,29-,30+/m1/s1. The van der Waals surface area contributed by atoms with E-state index in [0.717, 1.165) is 60.7 Å². The Labute approximate surface area is 192 Å². The lowest BCUT2D eigenvalue weighted by Gasteiger charge is -2.59. The maximum atomic E-state index is 11.0. The molecule has 1 heteroatoms. The Morgan fingerprint density at radius 3 is 2.39 bits per heavy atom. The largest absolute Gasteiger partial charge is 0.390 e. The Morgan fingerprint density at radius 2 is 1.68 bits per heavy atom. The van der Waals surface area contributed by atoms with Crippen molar-refractivity contribution in [2.24, 2.45) is 52.3 Å². The number of allylic oxidation sites excluding steroid dienone is 1. The molecule has 5 aliphatic rings. The predicted molar refractivity (Wildman–Crippen MR) is 131 cm³/mol. The van der Waals surface area contributed by atoms with E-state index in [4.69, 9.17) is 0 Å². The van der Waals surface area contributed by atoms with Gasteiger partial charge in [-0.3, -0.25) is 0 Å². The van der Waals surface area contributed by atoms with Gasteiger partial charge in [0.1, 0.15) is 0 Å². The molecule has 4 fully saturated rings. The van der Waals surface area contributed by atoms with Crippen LogP contribution in [0.5, 0.6) is 0 Å².